The van der Waals surface area contributed by atoms with Crippen LogP contribution in [-0.4, -0.2) is 93.4 Å². The van der Waals surface area contributed by atoms with Crippen LogP contribution in [0.25, 0.3) is 0 Å². The van der Waals surface area contributed by atoms with Gasteiger partial charge in [-0.25, -0.2) is 14.0 Å². The number of anilines is 1. The molecule has 0 atom stereocenters. The van der Waals surface area contributed by atoms with Crippen molar-refractivity contribution in [2.75, 3.05) is 73.7 Å². The number of piperidine rings is 2. The predicted molar refractivity (Wildman–Crippen MR) is 180 cm³/mol. The van der Waals surface area contributed by atoms with Crippen molar-refractivity contribution in [1.82, 2.24) is 5.32 Å². The van der Waals surface area contributed by atoms with E-state index in [1.54, 1.807) is 46.6 Å². The average molecular weight is 685 g/mol. The summed E-state index contributed by atoms with van der Waals surface area (Å²) in [6.45, 7) is 4.11. The fraction of sp³-hybridized carbons (Fsp3) is 0.556. The first-order valence-corrected chi connectivity index (χ1v) is 16.2. The number of nitrogens with one attached hydrogen (secondary N) is 1. The molecule has 0 spiro atoms. The number of rotatable bonds is 11. The van der Waals surface area contributed by atoms with Gasteiger partial charge in [-0.05, 0) is 87.0 Å². The molecule has 0 amide bonds. The molecule has 49 heavy (non-hydrogen) atoms. The highest BCUT2D eigenvalue weighted by Gasteiger charge is 2.24. The number of hydrogen-bond donors (Lipinski definition) is 1. The zero-order valence-electron chi connectivity index (χ0n) is 29.3. The van der Waals surface area contributed by atoms with E-state index in [-0.39, 0.29) is 23.7 Å². The molecule has 2 fully saturated rings. The van der Waals surface area contributed by atoms with Crippen molar-refractivity contribution in [1.29, 1.82) is 10.5 Å². The van der Waals surface area contributed by atoms with Gasteiger partial charge in [-0.1, -0.05) is 0 Å². The number of carbonyl (C=O) groups is 2. The zero-order valence-corrected chi connectivity index (χ0v) is 29.3. The Kier molecular flexibility index (Phi) is 18.9. The highest BCUT2D eigenvalue weighted by atomic mass is 19.1. The molecule has 2 aliphatic heterocycles. The van der Waals surface area contributed by atoms with Gasteiger partial charge in [0.15, 0.2) is 12.6 Å². The topological polar surface area (TPSA) is 152 Å². The summed E-state index contributed by atoms with van der Waals surface area (Å²) in [5, 5.41) is 21.2. The second-order valence-electron chi connectivity index (χ2n) is 11.5. The zero-order chi connectivity index (χ0) is 36.2. The van der Waals surface area contributed by atoms with Crippen molar-refractivity contribution in [3.05, 3.63) is 64.5 Å². The first-order chi connectivity index (χ1) is 23.7. The van der Waals surface area contributed by atoms with Crippen LogP contribution in [0.2, 0.25) is 0 Å². The molecule has 2 aromatic carbocycles. The third-order valence-electron chi connectivity index (χ3n) is 8.58. The van der Waals surface area contributed by atoms with Gasteiger partial charge in [0.2, 0.25) is 0 Å². The summed E-state index contributed by atoms with van der Waals surface area (Å²) in [5.41, 5.74) is 1.67. The van der Waals surface area contributed by atoms with Crippen LogP contribution in [0.5, 0.6) is 0 Å². The fourth-order valence-corrected chi connectivity index (χ4v) is 5.67. The molecule has 0 saturated carbocycles. The van der Waals surface area contributed by atoms with Gasteiger partial charge in [-0.3, -0.25) is 0 Å². The van der Waals surface area contributed by atoms with E-state index in [4.69, 9.17) is 28.9 Å². The third-order valence-corrected chi connectivity index (χ3v) is 8.58. The molecule has 2 aromatic rings. The van der Waals surface area contributed by atoms with Gasteiger partial charge in [0.1, 0.15) is 18.0 Å². The minimum atomic E-state index is -0.642. The SMILES string of the molecule is COC(=O)c1ccc(F)cc1C#N.COC(=O)c1ccc(N2CCC(CC(OC)OC)CC2)cc1C#N.COC(CC1CCNCC1)OC. The molecule has 268 valence electrons. The van der Waals surface area contributed by atoms with Crippen molar-refractivity contribution in [3.63, 3.8) is 0 Å². The van der Waals surface area contributed by atoms with Gasteiger partial charge in [-0.15, -0.1) is 0 Å². The number of esters is 2. The van der Waals surface area contributed by atoms with Gasteiger partial charge in [0.25, 0.3) is 0 Å². The Morgan fingerprint density at radius 3 is 1.65 bits per heavy atom. The summed E-state index contributed by atoms with van der Waals surface area (Å²) in [7, 11) is 9.25. The number of carbonyl (C=O) groups excluding carboxylic acids is 2. The molecule has 0 aromatic heterocycles. The van der Waals surface area contributed by atoms with E-state index in [0.29, 0.717) is 17.0 Å². The first kappa shape index (κ1) is 41.1. The summed E-state index contributed by atoms with van der Waals surface area (Å²) >= 11 is 0. The van der Waals surface area contributed by atoms with Gasteiger partial charge < -0.3 is 38.6 Å². The number of nitriles is 2. The molecule has 0 unspecified atom stereocenters. The molecule has 2 aliphatic rings. The standard InChI is InChI=1S/C18H24N2O4.C9H6FNO2.C9H19NO2/c1-22-17(23-2)10-13-6-8-20(9-7-13)15-4-5-16(18(21)24-3)14(11-15)12-19;1-13-9(12)8-3-2-7(10)4-6(8)5-11;1-11-9(12-2)7-8-3-5-10-6-4-8/h4-5,11,13,17H,6-10H2,1-3H3;2-4H,1H3;8-10H,3-7H2,1-2H3. The van der Waals surface area contributed by atoms with Crippen LogP contribution in [0.1, 0.15) is 70.4 Å². The van der Waals surface area contributed by atoms with Crippen LogP contribution in [-0.2, 0) is 28.4 Å². The second-order valence-corrected chi connectivity index (χ2v) is 11.5. The minimum Gasteiger partial charge on any atom is -0.465 e. The van der Waals surface area contributed by atoms with E-state index < -0.39 is 17.8 Å². The number of halogens is 1. The van der Waals surface area contributed by atoms with Crippen LogP contribution in [0.3, 0.4) is 0 Å². The Morgan fingerprint density at radius 1 is 0.755 bits per heavy atom. The normalized spacial score (nSPS) is 14.9. The predicted octanol–water partition coefficient (Wildman–Crippen LogP) is 5.05. The minimum absolute atomic E-state index is 0.00639. The lowest BCUT2D eigenvalue weighted by Gasteiger charge is -2.34. The molecule has 1 N–H and O–H groups in total. The third kappa shape index (κ3) is 13.4. The van der Waals surface area contributed by atoms with Crippen LogP contribution < -0.4 is 10.2 Å². The molecular formula is C36H49FN4O8. The lowest BCUT2D eigenvalue weighted by Crippen LogP contribution is -2.35. The molecule has 0 radical (unpaired) electrons. The highest BCUT2D eigenvalue weighted by Crippen LogP contribution is 2.28. The van der Waals surface area contributed by atoms with E-state index in [9.17, 15) is 19.2 Å². The Hall–Kier alpha value is -4.11. The quantitative estimate of drug-likeness (QED) is 0.249. The monoisotopic (exact) mass is 684 g/mol. The van der Waals surface area contributed by atoms with Crippen molar-refractivity contribution >= 4 is 17.6 Å². The first-order valence-electron chi connectivity index (χ1n) is 16.2. The Labute approximate surface area is 289 Å². The van der Waals surface area contributed by atoms with Gasteiger partial charge in [-0.2, -0.15) is 10.5 Å². The summed E-state index contributed by atoms with van der Waals surface area (Å²) in [5.74, 6) is -0.338. The maximum absolute atomic E-state index is 12.6. The lowest BCUT2D eigenvalue weighted by molar-refractivity contribution is -0.115. The smallest absolute Gasteiger partial charge is 0.339 e. The molecule has 2 saturated heterocycles. The molecule has 0 aliphatic carbocycles. The highest BCUT2D eigenvalue weighted by molar-refractivity contribution is 5.93. The fourth-order valence-electron chi connectivity index (χ4n) is 5.67. The Morgan fingerprint density at radius 2 is 1.20 bits per heavy atom. The molecule has 13 heteroatoms. The van der Waals surface area contributed by atoms with Gasteiger partial charge in [0.05, 0.1) is 36.5 Å². The van der Waals surface area contributed by atoms with E-state index >= 15 is 0 Å². The van der Waals surface area contributed by atoms with Crippen LogP contribution in [0.4, 0.5) is 10.1 Å². The molecule has 2 heterocycles. The van der Waals surface area contributed by atoms with E-state index in [1.807, 2.05) is 6.07 Å². The largest absolute Gasteiger partial charge is 0.465 e. The van der Waals surface area contributed by atoms with Crippen LogP contribution >= 0.6 is 0 Å². The Balaban J connectivity index is 0.000000281. The van der Waals surface area contributed by atoms with Crippen LogP contribution in [0.15, 0.2) is 36.4 Å². The van der Waals surface area contributed by atoms with Gasteiger partial charge >= 0.3 is 11.9 Å². The van der Waals surface area contributed by atoms with E-state index in [2.05, 4.69) is 21.0 Å². The molecule has 4 rings (SSSR count). The van der Waals surface area contributed by atoms with Gasteiger partial charge in [0, 0.05) is 60.1 Å². The maximum Gasteiger partial charge on any atom is 0.339 e. The van der Waals surface area contributed by atoms with Crippen molar-refractivity contribution in [2.24, 2.45) is 11.8 Å². The number of methoxy groups -OCH3 is 6. The number of nitrogens with zero attached hydrogens (tertiary/aromatic N) is 3. The molecular weight excluding hydrogens is 635 g/mol. The van der Waals surface area contributed by atoms with Crippen molar-refractivity contribution in [2.45, 2.75) is 51.1 Å². The summed E-state index contributed by atoms with van der Waals surface area (Å²) in [6.07, 6.45) is 6.37. The van der Waals surface area contributed by atoms with Crippen molar-refractivity contribution < 1.29 is 42.4 Å². The van der Waals surface area contributed by atoms with E-state index in [1.165, 1.54) is 33.1 Å². The maximum atomic E-state index is 12.6. The van der Waals surface area contributed by atoms with Crippen LogP contribution in [0, 0.1) is 40.3 Å². The summed E-state index contributed by atoms with van der Waals surface area (Å²) in [6, 6.07) is 12.4. The summed E-state index contributed by atoms with van der Waals surface area (Å²) < 4.78 is 42.6. The lowest BCUT2D eigenvalue weighted by atomic mass is 9.92. The number of hydrogen-bond acceptors (Lipinski definition) is 12. The molecule has 0 bridgehead atoms. The average Bonchev–Trinajstić information content (AvgIpc) is 3.16. The second kappa shape index (κ2) is 22.5. The number of benzene rings is 2. The molecule has 12 nitrogen and oxygen atoms in total. The number of ether oxygens (including phenoxy) is 6. The van der Waals surface area contributed by atoms with E-state index in [0.717, 1.165) is 75.6 Å². The van der Waals surface area contributed by atoms with Crippen molar-refractivity contribution in [3.8, 4) is 12.1 Å². The summed E-state index contributed by atoms with van der Waals surface area (Å²) in [4.78, 5) is 24.9. The Bertz CT molecular complexity index is 1390.